The fourth-order valence-corrected chi connectivity index (χ4v) is 2.97. The van der Waals surface area contributed by atoms with E-state index < -0.39 is 0 Å². The number of likely N-dealkylation sites (tertiary alicyclic amines) is 1. The van der Waals surface area contributed by atoms with E-state index in [2.05, 4.69) is 26.9 Å². The molecule has 0 radical (unpaired) electrons. The molecule has 0 spiro atoms. The zero-order valence-corrected chi connectivity index (χ0v) is 12.3. The molecule has 0 bridgehead atoms. The monoisotopic (exact) mass is 313 g/mol. The van der Waals surface area contributed by atoms with Crippen molar-refractivity contribution < 1.29 is 9.84 Å². The van der Waals surface area contributed by atoms with Crippen molar-refractivity contribution in [1.29, 1.82) is 0 Å². The highest BCUT2D eigenvalue weighted by Crippen LogP contribution is 2.27. The molecule has 1 aromatic carbocycles. The second-order valence-corrected chi connectivity index (χ2v) is 5.67. The molecule has 0 aromatic heterocycles. The third-order valence-corrected chi connectivity index (χ3v) is 4.07. The maximum atomic E-state index is 9.44. The lowest BCUT2D eigenvalue weighted by atomic mass is 10.0. The van der Waals surface area contributed by atoms with Crippen molar-refractivity contribution in [3.05, 3.63) is 28.2 Å². The highest BCUT2D eigenvalue weighted by Gasteiger charge is 2.22. The van der Waals surface area contributed by atoms with E-state index in [1.807, 2.05) is 12.1 Å². The summed E-state index contributed by atoms with van der Waals surface area (Å²) in [5, 5.41) is 9.44. The molecule has 1 heterocycles. The number of hydrogen-bond donors (Lipinski definition) is 1. The molecular weight excluding hydrogens is 294 g/mol. The van der Waals surface area contributed by atoms with Gasteiger partial charge in [0.25, 0.3) is 0 Å². The van der Waals surface area contributed by atoms with Crippen LogP contribution in [0.5, 0.6) is 5.75 Å². The molecule has 1 aliphatic rings. The minimum Gasteiger partial charge on any atom is -0.496 e. The fourth-order valence-electron chi connectivity index (χ4n) is 2.56. The molecule has 0 saturated carbocycles. The van der Waals surface area contributed by atoms with Gasteiger partial charge in [0.2, 0.25) is 0 Å². The number of aliphatic hydroxyl groups excluding tert-OH is 1. The van der Waals surface area contributed by atoms with E-state index >= 15 is 0 Å². The Balaban J connectivity index is 2.14. The van der Waals surface area contributed by atoms with Crippen molar-refractivity contribution in [2.75, 3.05) is 20.3 Å². The van der Waals surface area contributed by atoms with Crippen LogP contribution in [0.3, 0.4) is 0 Å². The lowest BCUT2D eigenvalue weighted by Crippen LogP contribution is -2.41. The zero-order valence-electron chi connectivity index (χ0n) is 10.7. The van der Waals surface area contributed by atoms with E-state index in [4.69, 9.17) is 4.74 Å². The first-order chi connectivity index (χ1) is 8.74. The van der Waals surface area contributed by atoms with Crippen LogP contribution in [0, 0.1) is 0 Å². The number of aliphatic hydroxyl groups is 1. The van der Waals surface area contributed by atoms with Crippen LogP contribution in [0.2, 0.25) is 0 Å². The topological polar surface area (TPSA) is 32.7 Å². The number of nitrogens with zero attached hydrogens (tertiary/aromatic N) is 1. The summed E-state index contributed by atoms with van der Waals surface area (Å²) in [4.78, 5) is 2.35. The normalized spacial score (nSPS) is 20.9. The number of piperidine rings is 1. The highest BCUT2D eigenvalue weighted by atomic mass is 79.9. The number of rotatable bonds is 4. The van der Waals surface area contributed by atoms with Crippen LogP contribution in [0.1, 0.15) is 24.8 Å². The summed E-state index contributed by atoms with van der Waals surface area (Å²) in [6, 6.07) is 6.36. The zero-order chi connectivity index (χ0) is 13.0. The van der Waals surface area contributed by atoms with Crippen LogP contribution in [0.15, 0.2) is 22.7 Å². The van der Waals surface area contributed by atoms with Gasteiger partial charge in [0, 0.05) is 22.6 Å². The van der Waals surface area contributed by atoms with E-state index in [-0.39, 0.29) is 6.61 Å². The predicted octanol–water partition coefficient (Wildman–Crippen LogP) is 2.80. The van der Waals surface area contributed by atoms with E-state index in [0.29, 0.717) is 6.04 Å². The molecule has 0 aliphatic carbocycles. The van der Waals surface area contributed by atoms with Gasteiger partial charge in [-0.05, 0) is 37.6 Å². The Morgan fingerprint density at radius 2 is 2.28 bits per heavy atom. The second-order valence-electron chi connectivity index (χ2n) is 4.76. The molecular formula is C14H20BrNO2. The molecule has 1 aromatic rings. The minimum absolute atomic E-state index is 0.246. The Hall–Kier alpha value is -0.580. The number of hydrogen-bond acceptors (Lipinski definition) is 3. The van der Waals surface area contributed by atoms with Crippen LogP contribution in [0.25, 0.3) is 0 Å². The molecule has 1 fully saturated rings. The van der Waals surface area contributed by atoms with Crippen LogP contribution < -0.4 is 4.74 Å². The molecule has 0 amide bonds. The number of ether oxygens (including phenoxy) is 1. The minimum atomic E-state index is 0.246. The van der Waals surface area contributed by atoms with Gasteiger partial charge in [-0.1, -0.05) is 22.4 Å². The molecule has 3 nitrogen and oxygen atoms in total. The van der Waals surface area contributed by atoms with Gasteiger partial charge in [-0.15, -0.1) is 0 Å². The average molecular weight is 314 g/mol. The summed E-state index contributed by atoms with van der Waals surface area (Å²) >= 11 is 3.50. The fraction of sp³-hybridized carbons (Fsp3) is 0.571. The molecule has 18 heavy (non-hydrogen) atoms. The Kier molecular flexibility index (Phi) is 5.03. The first-order valence-electron chi connectivity index (χ1n) is 6.42. The lowest BCUT2D eigenvalue weighted by molar-refractivity contribution is 0.0834. The van der Waals surface area contributed by atoms with Gasteiger partial charge in [-0.25, -0.2) is 0 Å². The highest BCUT2D eigenvalue weighted by molar-refractivity contribution is 9.10. The van der Waals surface area contributed by atoms with E-state index in [1.54, 1.807) is 7.11 Å². The van der Waals surface area contributed by atoms with Crippen LogP contribution >= 0.6 is 15.9 Å². The smallest absolute Gasteiger partial charge is 0.123 e. The Morgan fingerprint density at radius 3 is 3.00 bits per heavy atom. The molecule has 1 saturated heterocycles. The first kappa shape index (κ1) is 13.8. The Bertz CT molecular complexity index is 397. The summed E-state index contributed by atoms with van der Waals surface area (Å²) in [6.45, 7) is 2.14. The van der Waals surface area contributed by atoms with Crippen molar-refractivity contribution >= 4 is 15.9 Å². The Labute approximate surface area is 117 Å². The largest absolute Gasteiger partial charge is 0.496 e. The third-order valence-electron chi connectivity index (χ3n) is 3.58. The molecule has 1 atom stereocenters. The van der Waals surface area contributed by atoms with Gasteiger partial charge < -0.3 is 9.84 Å². The molecule has 100 valence electrons. The summed E-state index contributed by atoms with van der Waals surface area (Å²) < 4.78 is 6.47. The van der Waals surface area contributed by atoms with E-state index in [1.165, 1.54) is 18.4 Å². The predicted molar refractivity (Wildman–Crippen MR) is 75.8 cm³/mol. The summed E-state index contributed by atoms with van der Waals surface area (Å²) in [5.74, 6) is 0.917. The van der Waals surface area contributed by atoms with Crippen LogP contribution in [-0.4, -0.2) is 36.3 Å². The quantitative estimate of drug-likeness (QED) is 0.927. The van der Waals surface area contributed by atoms with Crippen molar-refractivity contribution in [3.8, 4) is 5.75 Å². The second kappa shape index (κ2) is 6.55. The summed E-state index contributed by atoms with van der Waals surface area (Å²) in [7, 11) is 1.70. The maximum Gasteiger partial charge on any atom is 0.123 e. The Morgan fingerprint density at radius 1 is 1.44 bits per heavy atom. The maximum absolute atomic E-state index is 9.44. The summed E-state index contributed by atoms with van der Waals surface area (Å²) in [6.07, 6.45) is 3.52. The van der Waals surface area contributed by atoms with Crippen LogP contribution in [0.4, 0.5) is 0 Å². The van der Waals surface area contributed by atoms with E-state index in [0.717, 1.165) is 29.7 Å². The van der Waals surface area contributed by atoms with Gasteiger partial charge in [-0.3, -0.25) is 4.90 Å². The SMILES string of the molecule is COc1ccc(Br)cc1CN1CCCC[C@@H]1CO. The van der Waals surface area contributed by atoms with Crippen molar-refractivity contribution in [2.24, 2.45) is 0 Å². The van der Waals surface area contributed by atoms with Crippen molar-refractivity contribution in [1.82, 2.24) is 4.90 Å². The summed E-state index contributed by atoms with van der Waals surface area (Å²) in [5.41, 5.74) is 1.17. The molecule has 4 heteroatoms. The van der Waals surface area contributed by atoms with Crippen molar-refractivity contribution in [2.45, 2.75) is 31.8 Å². The van der Waals surface area contributed by atoms with E-state index in [9.17, 15) is 5.11 Å². The molecule has 1 aliphatic heterocycles. The van der Waals surface area contributed by atoms with Crippen LogP contribution in [-0.2, 0) is 6.54 Å². The standard InChI is InChI=1S/C14H20BrNO2/c1-18-14-6-5-12(15)8-11(14)9-16-7-3-2-4-13(16)10-17/h5-6,8,13,17H,2-4,7,9-10H2,1H3/t13-/m1/s1. The number of halogens is 1. The third kappa shape index (κ3) is 3.25. The van der Waals surface area contributed by atoms with Gasteiger partial charge in [0.05, 0.1) is 13.7 Å². The number of benzene rings is 1. The number of methoxy groups -OCH3 is 1. The molecule has 1 N–H and O–H groups in total. The first-order valence-corrected chi connectivity index (χ1v) is 7.21. The van der Waals surface area contributed by atoms with Gasteiger partial charge in [-0.2, -0.15) is 0 Å². The van der Waals surface area contributed by atoms with Gasteiger partial charge in [0.1, 0.15) is 5.75 Å². The van der Waals surface area contributed by atoms with Gasteiger partial charge >= 0.3 is 0 Å². The molecule has 0 unspecified atom stereocenters. The van der Waals surface area contributed by atoms with Gasteiger partial charge in [0.15, 0.2) is 0 Å². The lowest BCUT2D eigenvalue weighted by Gasteiger charge is -2.34. The molecule has 2 rings (SSSR count). The average Bonchev–Trinajstić information content (AvgIpc) is 2.40. The van der Waals surface area contributed by atoms with Crippen molar-refractivity contribution in [3.63, 3.8) is 0 Å².